The molecule has 0 saturated heterocycles. The van der Waals surface area contributed by atoms with Gasteiger partial charge in [0.05, 0.1) is 0 Å². The maximum Gasteiger partial charge on any atom is 4.00 e. The molecular weight excluding hydrogens is 396 g/mol. The Labute approximate surface area is 119 Å². The third-order valence-electron chi connectivity index (χ3n) is 0. The van der Waals surface area contributed by atoms with Gasteiger partial charge >= 0.3 is 7.43 Å². The van der Waals surface area contributed by atoms with Gasteiger partial charge in [0.1, 0.15) is 0 Å². The monoisotopic (exact) mass is 400 g/mol. The van der Waals surface area contributed by atoms with Crippen molar-refractivity contribution in [2.75, 3.05) is 0 Å². The molecule has 0 radical (unpaired) electrons. The summed E-state index contributed by atoms with van der Waals surface area (Å²) in [6.45, 7) is 0. The quantitative estimate of drug-likeness (QED) is 0.223. The first kappa shape index (κ1) is 32.4. The molecule has 0 aromatic rings. The van der Waals surface area contributed by atoms with Crippen LogP contribution in [0.2, 0.25) is 0 Å². The molecule has 0 saturated carbocycles. The average molecular weight is 400 g/mol. The summed E-state index contributed by atoms with van der Waals surface area (Å²) < 4.78 is 131. The summed E-state index contributed by atoms with van der Waals surface area (Å²) in [6, 6.07) is 0. The molecule has 0 aromatic carbocycles. The van der Waals surface area contributed by atoms with Crippen molar-refractivity contribution in [3.05, 3.63) is 7.43 Å². The zero-order valence-corrected chi connectivity index (χ0v) is 12.1. The summed E-state index contributed by atoms with van der Waals surface area (Å²) in [6.07, 6.45) is 0. The fourth-order valence-corrected chi connectivity index (χ4v) is 0. The molecule has 0 rings (SSSR count). The molecule has 0 heterocycles. The minimum absolute atomic E-state index is 0. The zero-order valence-electron chi connectivity index (χ0n) is 8.82. The van der Waals surface area contributed by atoms with Crippen LogP contribution in [0.1, 0.15) is 0 Å². The molecule has 128 valence electrons. The van der Waals surface area contributed by atoms with Crippen LogP contribution in [0.5, 0.6) is 0 Å². The van der Waals surface area contributed by atoms with Crippen molar-refractivity contribution >= 4 is 41.6 Å². The fourth-order valence-electron chi connectivity index (χ4n) is 0. The molecular formula is CH4O16S4. The topological polar surface area (TPSA) is 310 Å². The van der Waals surface area contributed by atoms with E-state index in [0.29, 0.717) is 0 Å². The molecule has 20 heteroatoms. The molecule has 0 spiro atoms. The van der Waals surface area contributed by atoms with Gasteiger partial charge in [-0.3, -0.25) is 18.2 Å². The van der Waals surface area contributed by atoms with Gasteiger partial charge in [0.2, 0.25) is 41.6 Å². The molecule has 4 N–H and O–H groups in total. The van der Waals surface area contributed by atoms with Gasteiger partial charge in [-0.25, -0.2) is 33.7 Å². The Morgan fingerprint density at radius 3 is 0.429 bits per heavy atom. The second-order valence-corrected chi connectivity index (χ2v) is 5.13. The van der Waals surface area contributed by atoms with Gasteiger partial charge in [-0.2, -0.15) is 0 Å². The van der Waals surface area contributed by atoms with Gasteiger partial charge in [0.25, 0.3) is 0 Å². The molecule has 0 unspecified atom stereocenters. The van der Waals surface area contributed by atoms with Gasteiger partial charge in [-0.15, -0.1) is 0 Å². The largest absolute Gasteiger partial charge is 4.00 e. The van der Waals surface area contributed by atoms with E-state index in [2.05, 4.69) is 0 Å². The molecule has 0 aromatic heterocycles. The summed E-state index contributed by atoms with van der Waals surface area (Å²) in [5.41, 5.74) is 0. The van der Waals surface area contributed by atoms with Gasteiger partial charge in [0, 0.05) is 0 Å². The van der Waals surface area contributed by atoms with E-state index in [0.717, 1.165) is 0 Å². The summed E-state index contributed by atoms with van der Waals surface area (Å²) in [5, 5.41) is 0. The molecule has 0 amide bonds. The van der Waals surface area contributed by atoms with Crippen molar-refractivity contribution in [1.29, 1.82) is 0 Å². The summed E-state index contributed by atoms with van der Waals surface area (Å²) in [5.74, 6) is 0. The summed E-state index contributed by atoms with van der Waals surface area (Å²) >= 11 is 0. The maximum atomic E-state index is 8.63. The first-order valence-electron chi connectivity index (χ1n) is 2.73. The minimum atomic E-state index is -4.92. The van der Waals surface area contributed by atoms with E-state index in [4.69, 9.17) is 70.1 Å². The summed E-state index contributed by atoms with van der Waals surface area (Å²) in [7, 11) is -19.7. The molecule has 0 bridgehead atoms. The Kier molecular flexibility index (Phi) is 18.6. The second-order valence-electron chi connectivity index (χ2n) is 1.71. The van der Waals surface area contributed by atoms with E-state index >= 15 is 0 Å². The van der Waals surface area contributed by atoms with Crippen LogP contribution in [-0.2, 0) is 41.6 Å². The van der Waals surface area contributed by atoms with Crippen LogP contribution in [0, 0.1) is 7.43 Å². The van der Waals surface area contributed by atoms with E-state index in [1.54, 1.807) is 0 Å². The third kappa shape index (κ3) is 22000. The van der Waals surface area contributed by atoms with Crippen LogP contribution in [0.15, 0.2) is 0 Å². The molecule has 0 aliphatic carbocycles. The smallest absolute Gasteiger partial charge is 0.726 e. The van der Waals surface area contributed by atoms with Crippen LogP contribution in [-0.4, -0.2) is 70.1 Å². The zero-order chi connectivity index (χ0) is 18.0. The maximum absolute atomic E-state index is 8.63. The number of hydrogen-bond donors (Lipinski definition) is 4. The van der Waals surface area contributed by atoms with Crippen LogP contribution in [0.25, 0.3) is 0 Å². The Hall–Kier alpha value is -0.520. The van der Waals surface area contributed by atoms with Crippen molar-refractivity contribution < 1.29 is 70.1 Å². The van der Waals surface area contributed by atoms with E-state index < -0.39 is 41.6 Å². The van der Waals surface area contributed by atoms with Gasteiger partial charge in [-0.05, 0) is 0 Å². The van der Waals surface area contributed by atoms with Crippen LogP contribution < -0.4 is 0 Å². The van der Waals surface area contributed by atoms with Gasteiger partial charge < -0.3 is 18.2 Å². The van der Waals surface area contributed by atoms with Crippen molar-refractivity contribution in [2.45, 2.75) is 0 Å². The van der Waals surface area contributed by atoms with E-state index in [9.17, 15) is 0 Å². The Balaban J connectivity index is -0.0000000533. The number of hydrogen-bond acceptors (Lipinski definition) is 12. The van der Waals surface area contributed by atoms with Crippen molar-refractivity contribution in [3.63, 3.8) is 0 Å². The number of rotatable bonds is 0. The van der Waals surface area contributed by atoms with E-state index in [1.807, 2.05) is 0 Å². The van der Waals surface area contributed by atoms with Crippen molar-refractivity contribution in [1.82, 2.24) is 0 Å². The molecule has 0 fully saturated rings. The first-order chi connectivity index (χ1) is 8.00. The van der Waals surface area contributed by atoms with Crippen LogP contribution in [0.3, 0.4) is 0 Å². The molecule has 0 aliphatic rings. The molecule has 16 nitrogen and oxygen atoms in total. The minimum Gasteiger partial charge on any atom is -0.726 e. The van der Waals surface area contributed by atoms with Crippen molar-refractivity contribution in [3.8, 4) is 0 Å². The van der Waals surface area contributed by atoms with Gasteiger partial charge in [0.15, 0.2) is 0 Å². The van der Waals surface area contributed by atoms with Crippen LogP contribution in [0.4, 0.5) is 0 Å². The standard InChI is InChI=1S/C.4H2O4S/c;4*1-5(2,3)4/h;4*(H2,1,2,3,4)/q+4;;;;/p-4. The fraction of sp³-hybridized carbons (Fsp3) is 0. The SMILES string of the molecule is O=S(=O)([O-])O.O=S(=O)([O-])O.O=S(=O)([O-])O.O=S(=O)([O-])O.[C+4]. The second kappa shape index (κ2) is 12.1. The Bertz CT molecular complexity index is 473. The predicted molar refractivity (Wildman–Crippen MR) is 52.5 cm³/mol. The molecule has 21 heavy (non-hydrogen) atoms. The van der Waals surface area contributed by atoms with Crippen molar-refractivity contribution in [2.24, 2.45) is 0 Å². The molecule has 0 aliphatic heterocycles. The average Bonchev–Trinajstić information content (AvgIpc) is 1.62. The van der Waals surface area contributed by atoms with E-state index in [-0.39, 0.29) is 7.43 Å². The normalized spacial score (nSPS) is 11.0. The van der Waals surface area contributed by atoms with Crippen LogP contribution >= 0.6 is 0 Å². The Morgan fingerprint density at radius 1 is 0.429 bits per heavy atom. The first-order valence-corrected chi connectivity index (χ1v) is 8.19. The van der Waals surface area contributed by atoms with Gasteiger partial charge in [-0.1, -0.05) is 0 Å². The van der Waals surface area contributed by atoms with E-state index in [1.165, 1.54) is 0 Å². The summed E-state index contributed by atoms with van der Waals surface area (Å²) in [4.78, 5) is 0. The predicted octanol–water partition coefficient (Wildman–Crippen LogP) is -3.90. The third-order valence-corrected chi connectivity index (χ3v) is 0. The Morgan fingerprint density at radius 2 is 0.429 bits per heavy atom. The molecule has 0 atom stereocenters.